The van der Waals surface area contributed by atoms with Gasteiger partial charge in [0.2, 0.25) is 0 Å². The summed E-state index contributed by atoms with van der Waals surface area (Å²) in [5, 5.41) is 3.58. The number of rotatable bonds is 5. The summed E-state index contributed by atoms with van der Waals surface area (Å²) in [5.41, 5.74) is 2.73. The predicted octanol–water partition coefficient (Wildman–Crippen LogP) is 3.15. The van der Waals surface area contributed by atoms with Crippen molar-refractivity contribution in [3.63, 3.8) is 0 Å². The van der Waals surface area contributed by atoms with Gasteiger partial charge in [-0.05, 0) is 36.5 Å². The van der Waals surface area contributed by atoms with Crippen LogP contribution in [0, 0.1) is 5.92 Å². The Balaban J connectivity index is 1.87. The zero-order valence-corrected chi connectivity index (χ0v) is 11.1. The molecular formula is C15H23NO. The van der Waals surface area contributed by atoms with Crippen LogP contribution in [0.4, 0.5) is 0 Å². The minimum Gasteiger partial charge on any atom is -0.493 e. The Morgan fingerprint density at radius 2 is 2.12 bits per heavy atom. The fourth-order valence-electron chi connectivity index (χ4n) is 2.43. The summed E-state index contributed by atoms with van der Waals surface area (Å²) in [5.74, 6) is 1.83. The fourth-order valence-corrected chi connectivity index (χ4v) is 2.43. The normalized spacial score (nSPS) is 15.8. The second kappa shape index (κ2) is 5.54. The van der Waals surface area contributed by atoms with E-state index in [1.54, 1.807) is 0 Å². The molecule has 0 saturated heterocycles. The molecule has 0 aliphatic carbocycles. The molecule has 0 spiro atoms. The first kappa shape index (κ1) is 12.4. The van der Waals surface area contributed by atoms with Crippen LogP contribution in [-0.2, 0) is 13.0 Å². The monoisotopic (exact) mass is 233 g/mol. The first-order valence-electron chi connectivity index (χ1n) is 6.63. The van der Waals surface area contributed by atoms with Gasteiger partial charge in [0.05, 0.1) is 6.61 Å². The van der Waals surface area contributed by atoms with Gasteiger partial charge in [-0.1, -0.05) is 26.0 Å². The third-order valence-electron chi connectivity index (χ3n) is 3.23. The van der Waals surface area contributed by atoms with E-state index in [1.165, 1.54) is 17.5 Å². The van der Waals surface area contributed by atoms with Crippen LogP contribution in [0.3, 0.4) is 0 Å². The van der Waals surface area contributed by atoms with Gasteiger partial charge in [0.25, 0.3) is 0 Å². The molecule has 1 N–H and O–H groups in total. The maximum absolute atomic E-state index is 5.51. The van der Waals surface area contributed by atoms with E-state index in [4.69, 9.17) is 4.74 Å². The van der Waals surface area contributed by atoms with E-state index in [1.807, 2.05) is 0 Å². The standard InChI is InChI=1S/C15H23NO/c1-11(2)8-12(3)16-10-13-4-5-15-14(9-13)6-7-17-15/h4-5,9,11-12,16H,6-8,10H2,1-3H3. The summed E-state index contributed by atoms with van der Waals surface area (Å²) in [7, 11) is 0. The third kappa shape index (κ3) is 3.47. The SMILES string of the molecule is CC(C)CC(C)NCc1ccc2c(c1)CCO2. The average Bonchev–Trinajstić information content (AvgIpc) is 2.72. The first-order valence-corrected chi connectivity index (χ1v) is 6.63. The van der Waals surface area contributed by atoms with Gasteiger partial charge in [-0.2, -0.15) is 0 Å². The molecule has 2 rings (SSSR count). The molecule has 0 saturated carbocycles. The van der Waals surface area contributed by atoms with Crippen LogP contribution in [-0.4, -0.2) is 12.6 Å². The molecule has 1 heterocycles. The highest BCUT2D eigenvalue weighted by Gasteiger charge is 2.12. The Labute approximate surface area is 104 Å². The van der Waals surface area contributed by atoms with Crippen molar-refractivity contribution in [2.45, 2.75) is 46.2 Å². The van der Waals surface area contributed by atoms with E-state index in [9.17, 15) is 0 Å². The molecule has 94 valence electrons. The van der Waals surface area contributed by atoms with E-state index in [2.05, 4.69) is 44.3 Å². The summed E-state index contributed by atoms with van der Waals surface area (Å²) in [4.78, 5) is 0. The van der Waals surface area contributed by atoms with Crippen molar-refractivity contribution in [1.82, 2.24) is 5.32 Å². The number of hydrogen-bond acceptors (Lipinski definition) is 2. The van der Waals surface area contributed by atoms with Gasteiger partial charge >= 0.3 is 0 Å². The Kier molecular flexibility index (Phi) is 4.06. The van der Waals surface area contributed by atoms with Crippen molar-refractivity contribution in [3.8, 4) is 5.75 Å². The van der Waals surface area contributed by atoms with Gasteiger partial charge < -0.3 is 10.1 Å². The minimum absolute atomic E-state index is 0.583. The van der Waals surface area contributed by atoms with Crippen LogP contribution in [0.25, 0.3) is 0 Å². The van der Waals surface area contributed by atoms with Gasteiger partial charge in [-0.15, -0.1) is 0 Å². The molecular weight excluding hydrogens is 210 g/mol. The second-order valence-corrected chi connectivity index (χ2v) is 5.45. The van der Waals surface area contributed by atoms with Gasteiger partial charge in [0, 0.05) is 19.0 Å². The Hall–Kier alpha value is -1.02. The summed E-state index contributed by atoms with van der Waals surface area (Å²) >= 11 is 0. The van der Waals surface area contributed by atoms with Crippen LogP contribution < -0.4 is 10.1 Å². The molecule has 1 atom stereocenters. The van der Waals surface area contributed by atoms with E-state index in [0.29, 0.717) is 6.04 Å². The highest BCUT2D eigenvalue weighted by atomic mass is 16.5. The average molecular weight is 233 g/mol. The Morgan fingerprint density at radius 1 is 1.29 bits per heavy atom. The molecule has 0 amide bonds. The molecule has 0 bridgehead atoms. The smallest absolute Gasteiger partial charge is 0.122 e. The number of benzene rings is 1. The summed E-state index contributed by atoms with van der Waals surface area (Å²) in [6.45, 7) is 8.60. The molecule has 17 heavy (non-hydrogen) atoms. The number of hydrogen-bond donors (Lipinski definition) is 1. The lowest BCUT2D eigenvalue weighted by molar-refractivity contribution is 0.357. The lowest BCUT2D eigenvalue weighted by Crippen LogP contribution is -2.26. The number of nitrogens with one attached hydrogen (secondary N) is 1. The van der Waals surface area contributed by atoms with E-state index in [-0.39, 0.29) is 0 Å². The highest BCUT2D eigenvalue weighted by molar-refractivity contribution is 5.39. The topological polar surface area (TPSA) is 21.3 Å². The Bertz CT molecular complexity index is 373. The molecule has 1 aromatic carbocycles. The van der Waals surface area contributed by atoms with Crippen LogP contribution in [0.2, 0.25) is 0 Å². The summed E-state index contributed by atoms with van der Waals surface area (Å²) in [6.07, 6.45) is 2.29. The van der Waals surface area contributed by atoms with Crippen molar-refractivity contribution in [3.05, 3.63) is 29.3 Å². The van der Waals surface area contributed by atoms with Crippen LogP contribution in [0.15, 0.2) is 18.2 Å². The molecule has 0 fully saturated rings. The first-order chi connectivity index (χ1) is 8.15. The minimum atomic E-state index is 0.583. The van der Waals surface area contributed by atoms with Crippen molar-refractivity contribution >= 4 is 0 Å². The lowest BCUT2D eigenvalue weighted by Gasteiger charge is -2.16. The van der Waals surface area contributed by atoms with Crippen molar-refractivity contribution < 1.29 is 4.74 Å². The van der Waals surface area contributed by atoms with Crippen LogP contribution in [0.5, 0.6) is 5.75 Å². The van der Waals surface area contributed by atoms with Gasteiger partial charge in [-0.3, -0.25) is 0 Å². The Morgan fingerprint density at radius 3 is 2.88 bits per heavy atom. The van der Waals surface area contributed by atoms with E-state index >= 15 is 0 Å². The maximum atomic E-state index is 5.51. The molecule has 1 unspecified atom stereocenters. The largest absolute Gasteiger partial charge is 0.493 e. The highest BCUT2D eigenvalue weighted by Crippen LogP contribution is 2.25. The number of fused-ring (bicyclic) bond motifs is 1. The van der Waals surface area contributed by atoms with Crippen molar-refractivity contribution in [2.75, 3.05) is 6.61 Å². The summed E-state index contributed by atoms with van der Waals surface area (Å²) in [6, 6.07) is 7.13. The lowest BCUT2D eigenvalue weighted by atomic mass is 10.0. The van der Waals surface area contributed by atoms with Gasteiger partial charge in [-0.25, -0.2) is 0 Å². The van der Waals surface area contributed by atoms with Crippen LogP contribution in [0.1, 0.15) is 38.3 Å². The molecule has 1 aliphatic rings. The molecule has 2 heteroatoms. The summed E-state index contributed by atoms with van der Waals surface area (Å²) < 4.78 is 5.51. The molecule has 1 aromatic rings. The van der Waals surface area contributed by atoms with E-state index < -0.39 is 0 Å². The third-order valence-corrected chi connectivity index (χ3v) is 3.23. The quantitative estimate of drug-likeness (QED) is 0.843. The fraction of sp³-hybridized carbons (Fsp3) is 0.600. The molecule has 0 aromatic heterocycles. The van der Waals surface area contributed by atoms with Crippen molar-refractivity contribution in [1.29, 1.82) is 0 Å². The second-order valence-electron chi connectivity index (χ2n) is 5.45. The van der Waals surface area contributed by atoms with Gasteiger partial charge in [0.15, 0.2) is 0 Å². The maximum Gasteiger partial charge on any atom is 0.122 e. The van der Waals surface area contributed by atoms with Crippen LogP contribution >= 0.6 is 0 Å². The predicted molar refractivity (Wildman–Crippen MR) is 71.4 cm³/mol. The zero-order valence-electron chi connectivity index (χ0n) is 11.1. The molecule has 1 aliphatic heterocycles. The number of ether oxygens (including phenoxy) is 1. The molecule has 2 nitrogen and oxygen atoms in total. The van der Waals surface area contributed by atoms with Crippen molar-refractivity contribution in [2.24, 2.45) is 5.92 Å². The zero-order chi connectivity index (χ0) is 12.3. The van der Waals surface area contributed by atoms with Gasteiger partial charge in [0.1, 0.15) is 5.75 Å². The van der Waals surface area contributed by atoms with E-state index in [0.717, 1.165) is 31.2 Å². The molecule has 0 radical (unpaired) electrons.